The Kier molecular flexibility index (Phi) is 7.21. The second-order valence-electron chi connectivity index (χ2n) is 8.71. The third-order valence-electron chi connectivity index (χ3n) is 6.29. The van der Waals surface area contributed by atoms with E-state index in [1.165, 1.54) is 16.8 Å². The lowest BCUT2D eigenvalue weighted by molar-refractivity contribution is 0.0993. The van der Waals surface area contributed by atoms with Crippen LogP contribution in [0.3, 0.4) is 0 Å². The molecular formula is C27H25N9O3. The number of ether oxygens (including phenoxy) is 1. The van der Waals surface area contributed by atoms with E-state index in [2.05, 4.69) is 38.1 Å². The van der Waals surface area contributed by atoms with E-state index in [1.807, 2.05) is 0 Å². The van der Waals surface area contributed by atoms with Gasteiger partial charge in [0.15, 0.2) is 22.6 Å². The number of nitrogens with two attached hydrogens (primary N) is 1. The van der Waals surface area contributed by atoms with Gasteiger partial charge in [-0.3, -0.25) is 18.7 Å². The second kappa shape index (κ2) is 11.0. The van der Waals surface area contributed by atoms with E-state index in [0.29, 0.717) is 30.2 Å². The van der Waals surface area contributed by atoms with Crippen molar-refractivity contribution < 1.29 is 9.53 Å². The van der Waals surface area contributed by atoms with Crippen LogP contribution in [0.15, 0.2) is 47.4 Å². The summed E-state index contributed by atoms with van der Waals surface area (Å²) < 4.78 is 9.10. The van der Waals surface area contributed by atoms with Gasteiger partial charge in [-0.15, -0.1) is 5.92 Å². The molecule has 1 aromatic carbocycles. The van der Waals surface area contributed by atoms with Crippen LogP contribution in [0.5, 0.6) is 11.8 Å². The zero-order chi connectivity index (χ0) is 27.4. The molecule has 1 saturated heterocycles. The van der Waals surface area contributed by atoms with Crippen LogP contribution in [0.1, 0.15) is 28.5 Å². The molecule has 1 fully saturated rings. The van der Waals surface area contributed by atoms with Crippen molar-refractivity contribution in [2.75, 3.05) is 31.1 Å². The van der Waals surface area contributed by atoms with Crippen molar-refractivity contribution in [3.05, 3.63) is 69.8 Å². The Morgan fingerprint density at radius 3 is 2.69 bits per heavy atom. The van der Waals surface area contributed by atoms with Gasteiger partial charge in [-0.1, -0.05) is 24.1 Å². The van der Waals surface area contributed by atoms with Crippen LogP contribution in [0.2, 0.25) is 0 Å². The fraction of sp³-hybridized carbons (Fsp3) is 0.259. The first kappa shape index (κ1) is 25.4. The summed E-state index contributed by atoms with van der Waals surface area (Å²) in [5.74, 6) is 5.74. The number of nitrogens with zero attached hydrogens (tertiary/aromatic N) is 7. The fourth-order valence-corrected chi connectivity index (χ4v) is 4.41. The Labute approximate surface area is 223 Å². The number of aromatic nitrogens is 5. The Bertz CT molecular complexity index is 1720. The largest absolute Gasteiger partial charge is 0.423 e. The van der Waals surface area contributed by atoms with E-state index in [0.717, 1.165) is 13.1 Å². The molecule has 0 unspecified atom stereocenters. The lowest BCUT2D eigenvalue weighted by Crippen LogP contribution is -2.44. The van der Waals surface area contributed by atoms with Gasteiger partial charge in [0.25, 0.3) is 11.5 Å². The molecule has 39 heavy (non-hydrogen) atoms. The molecule has 5 rings (SSSR count). The molecule has 12 heteroatoms. The average molecular weight is 524 g/mol. The summed E-state index contributed by atoms with van der Waals surface area (Å²) in [5, 5.41) is 13.0. The molecular weight excluding hydrogens is 498 g/mol. The molecule has 196 valence electrons. The molecule has 1 aliphatic rings. The van der Waals surface area contributed by atoms with Crippen LogP contribution in [0, 0.1) is 23.2 Å². The summed E-state index contributed by atoms with van der Waals surface area (Å²) in [6.07, 6.45) is 1.41. The first-order chi connectivity index (χ1) is 19.0. The SMILES string of the molecule is CC#CCn1c(N2CCNCC2)nc2nc(Oc3cccnc3C(N)=O)n(Cc3ccccc3C#N)c(=O)c21. The van der Waals surface area contributed by atoms with Crippen LogP contribution < -0.4 is 26.2 Å². The van der Waals surface area contributed by atoms with E-state index in [4.69, 9.17) is 15.5 Å². The van der Waals surface area contributed by atoms with Gasteiger partial charge in [0.05, 0.1) is 24.7 Å². The topological polar surface area (TPSA) is 157 Å². The highest BCUT2D eigenvalue weighted by molar-refractivity contribution is 5.93. The van der Waals surface area contributed by atoms with Crippen molar-refractivity contribution in [3.8, 4) is 29.7 Å². The lowest BCUT2D eigenvalue weighted by atomic mass is 10.1. The molecule has 0 bridgehead atoms. The number of pyridine rings is 1. The third-order valence-corrected chi connectivity index (χ3v) is 6.29. The number of amides is 1. The Morgan fingerprint density at radius 2 is 1.95 bits per heavy atom. The molecule has 3 aromatic heterocycles. The van der Waals surface area contributed by atoms with E-state index in [-0.39, 0.29) is 41.7 Å². The first-order valence-electron chi connectivity index (χ1n) is 12.3. The van der Waals surface area contributed by atoms with Crippen molar-refractivity contribution in [3.63, 3.8) is 0 Å². The highest BCUT2D eigenvalue weighted by Gasteiger charge is 2.25. The Balaban J connectivity index is 1.74. The quantitative estimate of drug-likeness (QED) is 0.340. The standard InChI is InChI=1S/C27H25N9O3/c1-2-3-13-35-22-24(32-26(35)34-14-11-30-12-15-34)33-27(39-20-9-6-10-31-21(20)23(29)37)36(25(22)38)17-19-8-5-4-7-18(19)16-28/h4-10,30H,11-15,17H2,1H3,(H2,29,37). The number of hydrogen-bond acceptors (Lipinski definition) is 9. The van der Waals surface area contributed by atoms with Crippen molar-refractivity contribution in [2.45, 2.75) is 20.0 Å². The minimum absolute atomic E-state index is 0.0133. The van der Waals surface area contributed by atoms with Gasteiger partial charge in [0.1, 0.15) is 0 Å². The minimum atomic E-state index is -0.793. The van der Waals surface area contributed by atoms with Crippen molar-refractivity contribution in [1.82, 2.24) is 29.4 Å². The summed E-state index contributed by atoms with van der Waals surface area (Å²) in [4.78, 5) is 41.6. The molecule has 0 atom stereocenters. The van der Waals surface area contributed by atoms with Crippen molar-refractivity contribution >= 4 is 23.0 Å². The van der Waals surface area contributed by atoms with E-state index in [1.54, 1.807) is 41.8 Å². The maximum Gasteiger partial charge on any atom is 0.307 e. The number of anilines is 1. The number of primary amides is 1. The van der Waals surface area contributed by atoms with E-state index < -0.39 is 11.5 Å². The van der Waals surface area contributed by atoms with Crippen LogP contribution in [-0.2, 0) is 13.1 Å². The molecule has 0 aliphatic carbocycles. The molecule has 12 nitrogen and oxygen atoms in total. The smallest absolute Gasteiger partial charge is 0.307 e. The summed E-state index contributed by atoms with van der Waals surface area (Å²) >= 11 is 0. The van der Waals surface area contributed by atoms with E-state index in [9.17, 15) is 14.9 Å². The zero-order valence-corrected chi connectivity index (χ0v) is 21.2. The molecule has 0 radical (unpaired) electrons. The highest BCUT2D eigenvalue weighted by Crippen LogP contribution is 2.26. The minimum Gasteiger partial charge on any atom is -0.423 e. The number of imidazole rings is 1. The van der Waals surface area contributed by atoms with Gasteiger partial charge in [-0.25, -0.2) is 4.98 Å². The summed E-state index contributed by atoms with van der Waals surface area (Å²) in [6, 6.07) is 12.1. The lowest BCUT2D eigenvalue weighted by Gasteiger charge is -2.28. The monoisotopic (exact) mass is 523 g/mol. The third kappa shape index (κ3) is 5.01. The number of piperazine rings is 1. The predicted octanol–water partition coefficient (Wildman–Crippen LogP) is 1.23. The van der Waals surface area contributed by atoms with E-state index >= 15 is 0 Å². The predicted molar refractivity (Wildman–Crippen MR) is 143 cm³/mol. The number of fused-ring (bicyclic) bond motifs is 1. The van der Waals surface area contributed by atoms with Crippen LogP contribution in [-0.4, -0.2) is 56.2 Å². The molecule has 3 N–H and O–H groups in total. The van der Waals surface area contributed by atoms with Gasteiger partial charge in [0, 0.05) is 32.4 Å². The maximum atomic E-state index is 14.2. The number of nitriles is 1. The highest BCUT2D eigenvalue weighted by atomic mass is 16.5. The number of carbonyl (C=O) groups excluding carboxylic acids is 1. The number of nitrogens with one attached hydrogen (secondary N) is 1. The number of carbonyl (C=O) groups is 1. The second-order valence-corrected chi connectivity index (χ2v) is 8.71. The summed E-state index contributed by atoms with van der Waals surface area (Å²) in [6.45, 7) is 4.91. The van der Waals surface area contributed by atoms with Crippen molar-refractivity contribution in [1.29, 1.82) is 5.26 Å². The molecule has 1 amide bonds. The fourth-order valence-electron chi connectivity index (χ4n) is 4.41. The Hall–Kier alpha value is -5.20. The van der Waals surface area contributed by atoms with Gasteiger partial charge >= 0.3 is 6.01 Å². The maximum absolute atomic E-state index is 14.2. The number of rotatable bonds is 7. The molecule has 0 spiro atoms. The number of hydrogen-bond donors (Lipinski definition) is 2. The molecule has 0 saturated carbocycles. The average Bonchev–Trinajstić information content (AvgIpc) is 3.33. The van der Waals surface area contributed by atoms with Crippen LogP contribution >= 0.6 is 0 Å². The van der Waals surface area contributed by atoms with Gasteiger partial charge in [-0.05, 0) is 30.7 Å². The first-order valence-corrected chi connectivity index (χ1v) is 12.3. The molecule has 1 aliphatic heterocycles. The summed E-state index contributed by atoms with van der Waals surface area (Å²) in [5.41, 5.74) is 6.39. The molecule has 4 aromatic rings. The normalized spacial score (nSPS) is 13.0. The van der Waals surface area contributed by atoms with Crippen molar-refractivity contribution in [2.24, 2.45) is 5.73 Å². The zero-order valence-electron chi connectivity index (χ0n) is 21.2. The van der Waals surface area contributed by atoms with Gasteiger partial charge < -0.3 is 20.7 Å². The van der Waals surface area contributed by atoms with Crippen LogP contribution in [0.4, 0.5) is 5.95 Å². The molecule has 4 heterocycles. The van der Waals surface area contributed by atoms with Gasteiger partial charge in [0.2, 0.25) is 5.95 Å². The van der Waals surface area contributed by atoms with Gasteiger partial charge in [-0.2, -0.15) is 15.2 Å². The summed E-state index contributed by atoms with van der Waals surface area (Å²) in [7, 11) is 0. The Morgan fingerprint density at radius 1 is 1.15 bits per heavy atom. The van der Waals surface area contributed by atoms with Crippen LogP contribution in [0.25, 0.3) is 11.2 Å². The number of benzene rings is 1.